The maximum absolute atomic E-state index is 11.8. The first kappa shape index (κ1) is 16.0. The van der Waals surface area contributed by atoms with Gasteiger partial charge in [-0.2, -0.15) is 19.6 Å². The van der Waals surface area contributed by atoms with E-state index >= 15 is 0 Å². The van der Waals surface area contributed by atoms with Crippen molar-refractivity contribution in [1.29, 1.82) is 0 Å². The van der Waals surface area contributed by atoms with Crippen molar-refractivity contribution in [3.8, 4) is 0 Å². The van der Waals surface area contributed by atoms with E-state index in [1.165, 1.54) is 0 Å². The Bertz CT molecular complexity index is 979. The summed E-state index contributed by atoms with van der Waals surface area (Å²) < 4.78 is 1.59. The van der Waals surface area contributed by atoms with Gasteiger partial charge in [0.15, 0.2) is 5.65 Å². The molecule has 5 rings (SSSR count). The van der Waals surface area contributed by atoms with Crippen LogP contribution in [0.15, 0.2) is 11.9 Å². The van der Waals surface area contributed by atoms with Crippen LogP contribution in [0.4, 0.5) is 16.7 Å². The normalized spacial score (nSPS) is 24.0. The Hall–Kier alpha value is -3.21. The van der Waals surface area contributed by atoms with E-state index in [9.17, 15) is 14.7 Å². The summed E-state index contributed by atoms with van der Waals surface area (Å²) >= 11 is 0. The highest BCUT2D eigenvalue weighted by atomic mass is 16.3. The third-order valence-corrected chi connectivity index (χ3v) is 4.76. The van der Waals surface area contributed by atoms with Crippen LogP contribution < -0.4 is 20.9 Å². The van der Waals surface area contributed by atoms with Crippen LogP contribution in [-0.2, 0) is 4.79 Å². The SMILES string of the molecule is O=C1NC(=O)/C(=C/c2cnn3c(NC4CC4)nc(N4CC[C@@H](O)C4)nc23)N1. The van der Waals surface area contributed by atoms with Gasteiger partial charge in [0.2, 0.25) is 11.9 Å². The number of hydrogen-bond donors (Lipinski definition) is 4. The summed E-state index contributed by atoms with van der Waals surface area (Å²) in [7, 11) is 0. The lowest BCUT2D eigenvalue weighted by atomic mass is 10.2. The molecule has 0 bridgehead atoms. The molecule has 11 heteroatoms. The molecule has 11 nitrogen and oxygen atoms in total. The van der Waals surface area contributed by atoms with Crippen LogP contribution in [0.3, 0.4) is 0 Å². The minimum absolute atomic E-state index is 0.142. The molecule has 1 saturated carbocycles. The first-order valence-electron chi connectivity index (χ1n) is 8.86. The summed E-state index contributed by atoms with van der Waals surface area (Å²) in [5.41, 5.74) is 1.25. The molecule has 0 aromatic carbocycles. The van der Waals surface area contributed by atoms with Crippen molar-refractivity contribution in [2.75, 3.05) is 23.3 Å². The predicted molar refractivity (Wildman–Crippen MR) is 94.9 cm³/mol. The molecule has 3 amide bonds. The minimum atomic E-state index is -0.555. The van der Waals surface area contributed by atoms with Crippen molar-refractivity contribution < 1.29 is 14.7 Å². The maximum Gasteiger partial charge on any atom is 0.326 e. The zero-order valence-corrected chi connectivity index (χ0v) is 14.3. The quantitative estimate of drug-likeness (QED) is 0.416. The fraction of sp³-hybridized carbons (Fsp3) is 0.438. The number of aliphatic hydroxyl groups excluding tert-OH is 1. The van der Waals surface area contributed by atoms with Gasteiger partial charge in [-0.1, -0.05) is 0 Å². The van der Waals surface area contributed by atoms with Crippen molar-refractivity contribution >= 4 is 35.6 Å². The number of hydrogen-bond acceptors (Lipinski definition) is 8. The van der Waals surface area contributed by atoms with Gasteiger partial charge in [-0.3, -0.25) is 10.1 Å². The molecule has 2 aliphatic heterocycles. The van der Waals surface area contributed by atoms with Crippen LogP contribution in [0.2, 0.25) is 0 Å². The molecular weight excluding hydrogens is 352 g/mol. The molecule has 140 valence electrons. The number of imide groups is 1. The number of aliphatic hydroxyl groups is 1. The van der Waals surface area contributed by atoms with Crippen molar-refractivity contribution in [2.24, 2.45) is 0 Å². The van der Waals surface area contributed by atoms with Crippen LogP contribution >= 0.6 is 0 Å². The Balaban J connectivity index is 1.59. The topological polar surface area (TPSA) is 137 Å². The van der Waals surface area contributed by atoms with Crippen molar-refractivity contribution in [1.82, 2.24) is 30.2 Å². The number of fused-ring (bicyclic) bond motifs is 1. The van der Waals surface area contributed by atoms with Crippen LogP contribution in [0, 0.1) is 0 Å². The smallest absolute Gasteiger partial charge is 0.326 e. The molecule has 2 aromatic rings. The van der Waals surface area contributed by atoms with Gasteiger partial charge < -0.3 is 20.6 Å². The van der Waals surface area contributed by atoms with E-state index in [2.05, 4.69) is 31.0 Å². The number of amides is 3. The number of β-amino-alcohol motifs (C(OH)–C–C–N with tert-alkyl or cyclic N) is 1. The number of urea groups is 1. The average molecular weight is 370 g/mol. The van der Waals surface area contributed by atoms with Crippen molar-refractivity contribution in [3.63, 3.8) is 0 Å². The molecule has 4 heterocycles. The summed E-state index contributed by atoms with van der Waals surface area (Å²) in [4.78, 5) is 34.3. The van der Waals surface area contributed by atoms with Gasteiger partial charge in [-0.05, 0) is 25.3 Å². The lowest BCUT2D eigenvalue weighted by Gasteiger charge is -2.17. The van der Waals surface area contributed by atoms with Gasteiger partial charge in [-0.15, -0.1) is 0 Å². The molecule has 4 N–H and O–H groups in total. The zero-order valence-electron chi connectivity index (χ0n) is 14.3. The minimum Gasteiger partial charge on any atom is -0.391 e. The van der Waals surface area contributed by atoms with E-state index in [1.807, 2.05) is 4.90 Å². The molecule has 0 spiro atoms. The third-order valence-electron chi connectivity index (χ3n) is 4.76. The molecule has 2 aromatic heterocycles. The number of anilines is 2. The molecular formula is C16H18N8O3. The Morgan fingerprint density at radius 1 is 1.22 bits per heavy atom. The summed E-state index contributed by atoms with van der Waals surface area (Å²) in [6.45, 7) is 1.14. The Morgan fingerprint density at radius 2 is 2.07 bits per heavy atom. The van der Waals surface area contributed by atoms with E-state index < -0.39 is 18.0 Å². The largest absolute Gasteiger partial charge is 0.391 e. The van der Waals surface area contributed by atoms with Crippen LogP contribution in [0.5, 0.6) is 0 Å². The molecule has 2 saturated heterocycles. The Morgan fingerprint density at radius 3 is 2.74 bits per heavy atom. The highest BCUT2D eigenvalue weighted by molar-refractivity contribution is 6.14. The van der Waals surface area contributed by atoms with Gasteiger partial charge in [0, 0.05) is 24.7 Å². The molecule has 1 atom stereocenters. The van der Waals surface area contributed by atoms with Crippen molar-refractivity contribution in [2.45, 2.75) is 31.4 Å². The fourth-order valence-corrected chi connectivity index (χ4v) is 3.19. The second kappa shape index (κ2) is 5.91. The summed E-state index contributed by atoms with van der Waals surface area (Å²) in [5.74, 6) is 0.582. The highest BCUT2D eigenvalue weighted by Crippen LogP contribution is 2.27. The lowest BCUT2D eigenvalue weighted by Crippen LogP contribution is -2.25. The zero-order chi connectivity index (χ0) is 18.5. The second-order valence-electron chi connectivity index (χ2n) is 6.96. The highest BCUT2D eigenvalue weighted by Gasteiger charge is 2.28. The lowest BCUT2D eigenvalue weighted by molar-refractivity contribution is -0.115. The van der Waals surface area contributed by atoms with Crippen LogP contribution in [-0.4, -0.2) is 61.9 Å². The molecule has 1 aliphatic carbocycles. The van der Waals surface area contributed by atoms with Gasteiger partial charge in [0.25, 0.3) is 5.91 Å². The van der Waals surface area contributed by atoms with E-state index in [1.54, 1.807) is 16.8 Å². The maximum atomic E-state index is 11.8. The van der Waals surface area contributed by atoms with Gasteiger partial charge in [0.1, 0.15) is 5.70 Å². The first-order chi connectivity index (χ1) is 13.1. The number of aromatic nitrogens is 4. The van der Waals surface area contributed by atoms with Crippen molar-refractivity contribution in [3.05, 3.63) is 17.5 Å². The number of carbonyl (C=O) groups is 2. The predicted octanol–water partition coefficient (Wildman–Crippen LogP) is -0.550. The number of carbonyl (C=O) groups excluding carboxylic acids is 2. The molecule has 0 unspecified atom stereocenters. The van der Waals surface area contributed by atoms with E-state index in [4.69, 9.17) is 0 Å². The monoisotopic (exact) mass is 370 g/mol. The van der Waals surface area contributed by atoms with Gasteiger partial charge >= 0.3 is 6.03 Å². The average Bonchev–Trinajstić information content (AvgIpc) is 3.04. The van der Waals surface area contributed by atoms with Gasteiger partial charge in [0.05, 0.1) is 12.3 Å². The molecule has 3 fully saturated rings. The van der Waals surface area contributed by atoms with Crippen LogP contribution in [0.1, 0.15) is 24.8 Å². The van der Waals surface area contributed by atoms with Gasteiger partial charge in [-0.25, -0.2) is 4.79 Å². The summed E-state index contributed by atoms with van der Waals surface area (Å²) in [5, 5.41) is 22.1. The van der Waals surface area contributed by atoms with E-state index in [-0.39, 0.29) is 5.70 Å². The first-order valence-corrected chi connectivity index (χ1v) is 8.86. The number of nitrogens with zero attached hydrogens (tertiary/aromatic N) is 5. The van der Waals surface area contributed by atoms with Crippen LogP contribution in [0.25, 0.3) is 11.7 Å². The summed E-state index contributed by atoms with van der Waals surface area (Å²) in [6, 6.07) is -0.189. The second-order valence-corrected chi connectivity index (χ2v) is 6.96. The standard InChI is InChI=1S/C16H18N8O3/c25-10-3-4-23(7-10)14-20-12-8(5-11-13(26)21-16(27)19-11)6-17-24(12)15(22-14)18-9-1-2-9/h5-6,9-10,25H,1-4,7H2,(H,18,20,22)(H2,19,21,26,27)/b11-5-/t10-/m1/s1. The molecule has 0 radical (unpaired) electrons. The van der Waals surface area contributed by atoms with E-state index in [0.29, 0.717) is 48.7 Å². The third kappa shape index (κ3) is 2.95. The molecule has 27 heavy (non-hydrogen) atoms. The molecule has 3 aliphatic rings. The number of nitrogens with one attached hydrogen (secondary N) is 3. The Labute approximate surface area is 153 Å². The fourth-order valence-electron chi connectivity index (χ4n) is 3.19. The Kier molecular flexibility index (Phi) is 3.50. The van der Waals surface area contributed by atoms with E-state index in [0.717, 1.165) is 12.8 Å². The summed E-state index contributed by atoms with van der Waals surface area (Å²) in [6.07, 6.45) is 5.55. The number of rotatable bonds is 4.